The monoisotopic (exact) mass is 440 g/mol. The van der Waals surface area contributed by atoms with Crippen molar-refractivity contribution in [3.63, 3.8) is 0 Å². The van der Waals surface area contributed by atoms with Crippen LogP contribution in [0.4, 0.5) is 8.78 Å². The van der Waals surface area contributed by atoms with E-state index >= 15 is 0 Å². The molecule has 2 nitrogen and oxygen atoms in total. The first-order valence-corrected chi connectivity index (χ1v) is 10.6. The highest BCUT2D eigenvalue weighted by Crippen LogP contribution is 2.32. The van der Waals surface area contributed by atoms with Gasteiger partial charge in [-0.2, -0.15) is 0 Å². The number of ether oxygens (including phenoxy) is 1. The van der Waals surface area contributed by atoms with Gasteiger partial charge < -0.3 is 4.74 Å². The van der Waals surface area contributed by atoms with E-state index in [9.17, 15) is 8.78 Å². The van der Waals surface area contributed by atoms with Crippen LogP contribution in [0.2, 0.25) is 0 Å². The average Bonchev–Trinajstić information content (AvgIpc) is 2.83. The molecule has 4 rings (SSSR count). The van der Waals surface area contributed by atoms with E-state index < -0.39 is 0 Å². The topological polar surface area (TPSA) is 12.2 Å². The van der Waals surface area contributed by atoms with Crippen LogP contribution in [0, 0.1) is 11.6 Å². The summed E-state index contributed by atoms with van der Waals surface area (Å²) in [5, 5.41) is 0. The molecule has 1 aliphatic heterocycles. The maximum absolute atomic E-state index is 13.4. The van der Waals surface area contributed by atoms with Crippen molar-refractivity contribution in [2.24, 2.45) is 0 Å². The molecule has 1 aliphatic carbocycles. The Hall–Kier alpha value is -4.05. The Morgan fingerprint density at radius 3 is 1.88 bits per heavy atom. The molecular formula is C29H24F2NO+. The van der Waals surface area contributed by atoms with Crippen LogP contribution in [0.25, 0.3) is 11.3 Å². The van der Waals surface area contributed by atoms with Gasteiger partial charge in [0.05, 0.1) is 0 Å². The molecule has 0 amide bonds. The summed E-state index contributed by atoms with van der Waals surface area (Å²) in [5.41, 5.74) is 4.73. The lowest BCUT2D eigenvalue weighted by atomic mass is 10.0. The van der Waals surface area contributed by atoms with Gasteiger partial charge in [0.25, 0.3) is 0 Å². The molecular weight excluding hydrogens is 416 g/mol. The largest absolute Gasteiger partial charge is 0.457 e. The Labute approximate surface area is 192 Å². The summed E-state index contributed by atoms with van der Waals surface area (Å²) in [6, 6.07) is 12.5. The van der Waals surface area contributed by atoms with Gasteiger partial charge in [0, 0.05) is 17.7 Å². The zero-order valence-electron chi connectivity index (χ0n) is 18.5. The summed E-state index contributed by atoms with van der Waals surface area (Å²) in [5.74, 6) is 0.628. The van der Waals surface area contributed by atoms with E-state index in [2.05, 4.69) is 28.9 Å². The smallest absolute Gasteiger partial charge is 0.199 e. The maximum atomic E-state index is 13.4. The molecule has 2 aromatic rings. The van der Waals surface area contributed by atoms with Crippen molar-refractivity contribution >= 4 is 17.0 Å². The molecule has 0 N–H and O–H groups in total. The van der Waals surface area contributed by atoms with Gasteiger partial charge >= 0.3 is 0 Å². The highest BCUT2D eigenvalue weighted by atomic mass is 19.1. The summed E-state index contributed by atoms with van der Waals surface area (Å²) in [6.07, 6.45) is 19.8. The van der Waals surface area contributed by atoms with E-state index in [4.69, 9.17) is 4.74 Å². The van der Waals surface area contributed by atoms with Gasteiger partial charge in [-0.25, -0.2) is 13.4 Å². The second-order valence-electron chi connectivity index (χ2n) is 7.83. The maximum Gasteiger partial charge on any atom is 0.199 e. The molecule has 0 atom stereocenters. The van der Waals surface area contributed by atoms with Crippen molar-refractivity contribution in [2.75, 3.05) is 14.1 Å². The molecule has 1 heterocycles. The van der Waals surface area contributed by atoms with Crippen LogP contribution in [-0.2, 0) is 4.74 Å². The average molecular weight is 441 g/mol. The summed E-state index contributed by atoms with van der Waals surface area (Å²) in [7, 11) is 4.02. The first kappa shape index (κ1) is 22.2. The van der Waals surface area contributed by atoms with E-state index in [0.29, 0.717) is 11.5 Å². The van der Waals surface area contributed by atoms with Gasteiger partial charge in [-0.3, -0.25) is 0 Å². The standard InChI is InChI=1S/C29H24F2NO/c1-32(2)27-17-7-21(8-18-27)5-3-4-6-28-19-24(22-9-13-25(30)14-10-22)20-29(33-28)23-11-15-26(31)16-12-23/h3-20H,1-2H3/q+1. The number of halogens is 2. The van der Waals surface area contributed by atoms with Crippen LogP contribution in [0.3, 0.4) is 0 Å². The highest BCUT2D eigenvalue weighted by Gasteiger charge is 2.14. The predicted octanol–water partition coefficient (Wildman–Crippen LogP) is 6.63. The van der Waals surface area contributed by atoms with E-state index in [0.717, 1.165) is 28.0 Å². The third-order valence-electron chi connectivity index (χ3n) is 5.19. The first-order chi connectivity index (χ1) is 16.0. The Balaban J connectivity index is 1.60. The molecule has 0 fully saturated rings. The Kier molecular flexibility index (Phi) is 6.75. The summed E-state index contributed by atoms with van der Waals surface area (Å²) in [6.45, 7) is 0. The van der Waals surface area contributed by atoms with Crippen LogP contribution in [-0.4, -0.2) is 24.4 Å². The molecule has 2 aromatic carbocycles. The second-order valence-corrected chi connectivity index (χ2v) is 7.83. The van der Waals surface area contributed by atoms with Crippen molar-refractivity contribution in [3.8, 4) is 0 Å². The van der Waals surface area contributed by atoms with E-state index in [1.54, 1.807) is 24.3 Å². The lowest BCUT2D eigenvalue weighted by Gasteiger charge is -2.18. The van der Waals surface area contributed by atoms with Crippen molar-refractivity contribution in [2.45, 2.75) is 0 Å². The third kappa shape index (κ3) is 5.80. The molecule has 2 aliphatic rings. The van der Waals surface area contributed by atoms with Crippen LogP contribution >= 0.6 is 0 Å². The molecule has 164 valence electrons. The van der Waals surface area contributed by atoms with E-state index in [-0.39, 0.29) is 11.6 Å². The van der Waals surface area contributed by atoms with Gasteiger partial charge in [0.1, 0.15) is 37.2 Å². The number of benzene rings is 2. The van der Waals surface area contributed by atoms with Crippen LogP contribution in [0.5, 0.6) is 0 Å². The van der Waals surface area contributed by atoms with Crippen LogP contribution in [0.1, 0.15) is 11.1 Å². The summed E-state index contributed by atoms with van der Waals surface area (Å²) < 4.78 is 34.9. The number of hydrogen-bond acceptors (Lipinski definition) is 1. The van der Waals surface area contributed by atoms with Crippen LogP contribution in [0.15, 0.2) is 121 Å². The van der Waals surface area contributed by atoms with E-state index in [1.807, 2.05) is 50.6 Å². The number of rotatable bonds is 4. The summed E-state index contributed by atoms with van der Waals surface area (Å²) >= 11 is 0. The zero-order valence-corrected chi connectivity index (χ0v) is 18.5. The van der Waals surface area contributed by atoms with Gasteiger partial charge in [0.15, 0.2) is 5.71 Å². The van der Waals surface area contributed by atoms with Crippen molar-refractivity contribution in [3.05, 3.63) is 143 Å². The Morgan fingerprint density at radius 1 is 0.697 bits per heavy atom. The fourth-order valence-electron chi connectivity index (χ4n) is 3.37. The summed E-state index contributed by atoms with van der Waals surface area (Å²) in [4.78, 5) is 0. The number of allylic oxidation sites excluding steroid dienone is 12. The van der Waals surface area contributed by atoms with Crippen molar-refractivity contribution in [1.29, 1.82) is 0 Å². The second kappa shape index (κ2) is 10.0. The lowest BCUT2D eigenvalue weighted by Crippen LogP contribution is -2.09. The SMILES string of the molecule is C[N+](C)=C1C=CC(=CC=CC=C2C=C(c3ccc(F)cc3)C=C(c3ccc(F)cc3)O2)C=C1. The fraction of sp³-hybridized carbons (Fsp3) is 0.0690. The molecule has 4 heteroatoms. The molecule has 0 saturated heterocycles. The zero-order chi connectivity index (χ0) is 23.2. The normalized spacial score (nSPS) is 16.7. The van der Waals surface area contributed by atoms with Gasteiger partial charge in [-0.1, -0.05) is 30.4 Å². The molecule has 0 aromatic heterocycles. The van der Waals surface area contributed by atoms with Crippen molar-refractivity contribution < 1.29 is 18.1 Å². The Bertz CT molecular complexity index is 1260. The fourth-order valence-corrected chi connectivity index (χ4v) is 3.37. The minimum absolute atomic E-state index is 0.290. The minimum Gasteiger partial charge on any atom is -0.457 e. The molecule has 0 spiro atoms. The molecule has 0 saturated carbocycles. The molecule has 0 radical (unpaired) electrons. The molecule has 0 unspecified atom stereocenters. The first-order valence-electron chi connectivity index (χ1n) is 10.6. The van der Waals surface area contributed by atoms with E-state index in [1.165, 1.54) is 24.3 Å². The Morgan fingerprint density at radius 2 is 1.27 bits per heavy atom. The predicted molar refractivity (Wildman–Crippen MR) is 131 cm³/mol. The molecule has 33 heavy (non-hydrogen) atoms. The molecule has 0 bridgehead atoms. The van der Waals surface area contributed by atoms with Gasteiger partial charge in [-0.15, -0.1) is 0 Å². The van der Waals surface area contributed by atoms with Gasteiger partial charge in [-0.05, 0) is 83.5 Å². The van der Waals surface area contributed by atoms with Gasteiger partial charge in [0.2, 0.25) is 0 Å². The highest BCUT2D eigenvalue weighted by molar-refractivity contribution is 6.02. The number of hydrogen-bond donors (Lipinski definition) is 0. The lowest BCUT2D eigenvalue weighted by molar-refractivity contribution is -0.462. The van der Waals surface area contributed by atoms with Crippen molar-refractivity contribution in [1.82, 2.24) is 0 Å². The number of nitrogens with zero attached hydrogens (tertiary/aromatic N) is 1. The minimum atomic E-state index is -0.308. The van der Waals surface area contributed by atoms with Crippen LogP contribution < -0.4 is 0 Å². The third-order valence-corrected chi connectivity index (χ3v) is 5.19. The quantitative estimate of drug-likeness (QED) is 0.487.